The summed E-state index contributed by atoms with van der Waals surface area (Å²) in [6, 6.07) is -0.969. The molecule has 0 aromatic carbocycles. The predicted molar refractivity (Wildman–Crippen MR) is 59.9 cm³/mol. The van der Waals surface area contributed by atoms with Crippen molar-refractivity contribution in [2.45, 2.75) is 25.8 Å². The van der Waals surface area contributed by atoms with Gasteiger partial charge >= 0.3 is 13.6 Å². The lowest BCUT2D eigenvalue weighted by molar-refractivity contribution is -0.144. The lowest BCUT2D eigenvalue weighted by Gasteiger charge is -2.07. The Labute approximate surface area is 94.6 Å². The second-order valence-electron chi connectivity index (χ2n) is 3.32. The monoisotopic (exact) mass is 251 g/mol. The van der Waals surface area contributed by atoms with Crippen LogP contribution in [-0.4, -0.2) is 34.6 Å². The van der Waals surface area contributed by atoms with Gasteiger partial charge in [-0.05, 0) is 6.42 Å². The van der Waals surface area contributed by atoms with Gasteiger partial charge in [0.25, 0.3) is 0 Å². The Hall–Kier alpha value is -0.680. The van der Waals surface area contributed by atoms with Gasteiger partial charge in [-0.15, -0.1) is 0 Å². The molecule has 0 saturated heterocycles. The molecule has 7 heteroatoms. The van der Waals surface area contributed by atoms with Crippen LogP contribution in [0.15, 0.2) is 12.2 Å². The molecular weight excluding hydrogens is 233 g/mol. The van der Waals surface area contributed by atoms with Crippen molar-refractivity contribution >= 4 is 13.6 Å². The zero-order valence-corrected chi connectivity index (χ0v) is 10.1. The second kappa shape index (κ2) is 7.57. The van der Waals surface area contributed by atoms with E-state index in [1.54, 1.807) is 0 Å². The number of hydrogen-bond acceptors (Lipinski definition) is 4. The van der Waals surface area contributed by atoms with Gasteiger partial charge in [-0.25, -0.2) is 0 Å². The highest BCUT2D eigenvalue weighted by Crippen LogP contribution is 2.33. The van der Waals surface area contributed by atoms with Crippen LogP contribution in [0.4, 0.5) is 0 Å². The molecule has 4 N–H and O–H groups in total. The Morgan fingerprint density at radius 1 is 1.56 bits per heavy atom. The van der Waals surface area contributed by atoms with Crippen molar-refractivity contribution < 1.29 is 23.9 Å². The van der Waals surface area contributed by atoms with Gasteiger partial charge in [0.05, 0.1) is 12.8 Å². The first-order chi connectivity index (χ1) is 7.37. The smallest absolute Gasteiger partial charge is 0.329 e. The summed E-state index contributed by atoms with van der Waals surface area (Å²) in [4.78, 5) is 28.3. The van der Waals surface area contributed by atoms with Gasteiger partial charge in [0.2, 0.25) is 0 Å². The first-order valence-corrected chi connectivity index (χ1v) is 6.80. The predicted octanol–water partition coefficient (Wildman–Crippen LogP) is 0.391. The Morgan fingerprint density at radius 2 is 2.19 bits per heavy atom. The second-order valence-corrected chi connectivity index (χ2v) is 5.02. The summed E-state index contributed by atoms with van der Waals surface area (Å²) in [7, 11) is -4.07. The number of rotatable bonds is 7. The standard InChI is InChI=1S/C9H18NO5P/c1-2-3-6-15-9(11)8(10)5-4-7-16(12,13)14/h4-5,8H,2-3,6-7,10H2,1H3,(H2,12,13,14). The van der Waals surface area contributed by atoms with Gasteiger partial charge in [-0.2, -0.15) is 0 Å². The van der Waals surface area contributed by atoms with Gasteiger partial charge in [0, 0.05) is 0 Å². The van der Waals surface area contributed by atoms with Crippen LogP contribution in [0.5, 0.6) is 0 Å². The van der Waals surface area contributed by atoms with E-state index in [4.69, 9.17) is 20.3 Å². The van der Waals surface area contributed by atoms with E-state index < -0.39 is 25.8 Å². The van der Waals surface area contributed by atoms with Crippen LogP contribution in [-0.2, 0) is 14.1 Å². The van der Waals surface area contributed by atoms with Crippen molar-refractivity contribution in [2.24, 2.45) is 5.73 Å². The highest BCUT2D eigenvalue weighted by atomic mass is 31.2. The number of allylic oxidation sites excluding steroid dienone is 1. The van der Waals surface area contributed by atoms with Gasteiger partial charge in [-0.1, -0.05) is 25.5 Å². The number of nitrogens with two attached hydrogens (primary N) is 1. The van der Waals surface area contributed by atoms with Crippen LogP contribution in [0.1, 0.15) is 19.8 Å². The van der Waals surface area contributed by atoms with Crippen LogP contribution >= 0.6 is 7.60 Å². The van der Waals surface area contributed by atoms with Crippen molar-refractivity contribution in [3.63, 3.8) is 0 Å². The molecule has 1 atom stereocenters. The molecule has 0 radical (unpaired) electrons. The molecule has 0 aliphatic rings. The Morgan fingerprint density at radius 3 is 2.69 bits per heavy atom. The van der Waals surface area contributed by atoms with Gasteiger partial charge in [0.1, 0.15) is 6.04 Å². The summed E-state index contributed by atoms with van der Waals surface area (Å²) in [5.74, 6) is -0.588. The van der Waals surface area contributed by atoms with Crippen LogP contribution in [0, 0.1) is 0 Å². The fourth-order valence-electron chi connectivity index (χ4n) is 0.837. The van der Waals surface area contributed by atoms with Crippen LogP contribution < -0.4 is 5.73 Å². The zero-order valence-electron chi connectivity index (χ0n) is 9.20. The number of carbonyl (C=O) groups is 1. The minimum atomic E-state index is -4.07. The summed E-state index contributed by atoms with van der Waals surface area (Å²) in [5, 5.41) is 0. The maximum atomic E-state index is 11.2. The van der Waals surface area contributed by atoms with E-state index in [0.717, 1.165) is 12.8 Å². The number of hydrogen-bond donors (Lipinski definition) is 3. The summed E-state index contributed by atoms with van der Waals surface area (Å²) in [6.07, 6.45) is 3.67. The Bertz CT molecular complexity index is 286. The fourth-order valence-corrected chi connectivity index (χ4v) is 1.23. The van der Waals surface area contributed by atoms with E-state index >= 15 is 0 Å². The molecule has 1 unspecified atom stereocenters. The highest BCUT2D eigenvalue weighted by molar-refractivity contribution is 7.51. The average molecular weight is 251 g/mol. The van der Waals surface area contributed by atoms with Gasteiger partial charge in [0.15, 0.2) is 0 Å². The van der Waals surface area contributed by atoms with Crippen molar-refractivity contribution in [3.8, 4) is 0 Å². The molecule has 0 aliphatic heterocycles. The minimum Gasteiger partial charge on any atom is -0.464 e. The normalized spacial score (nSPS) is 14.0. The zero-order chi connectivity index (χ0) is 12.6. The van der Waals surface area contributed by atoms with Crippen molar-refractivity contribution in [1.29, 1.82) is 0 Å². The molecule has 0 saturated carbocycles. The van der Waals surface area contributed by atoms with E-state index in [1.165, 1.54) is 12.2 Å². The molecule has 0 heterocycles. The summed E-state index contributed by atoms with van der Waals surface area (Å²) < 4.78 is 15.3. The molecule has 0 bridgehead atoms. The van der Waals surface area contributed by atoms with E-state index in [9.17, 15) is 9.36 Å². The SMILES string of the molecule is CCCCOC(=O)C(N)C=CCP(=O)(O)O. The highest BCUT2D eigenvalue weighted by Gasteiger charge is 2.13. The molecule has 0 rings (SSSR count). The van der Waals surface area contributed by atoms with Crippen molar-refractivity contribution in [3.05, 3.63) is 12.2 Å². The maximum absolute atomic E-state index is 11.2. The van der Waals surface area contributed by atoms with Crippen molar-refractivity contribution in [2.75, 3.05) is 12.8 Å². The van der Waals surface area contributed by atoms with E-state index in [2.05, 4.69) is 0 Å². The first-order valence-electron chi connectivity index (χ1n) is 5.00. The van der Waals surface area contributed by atoms with Crippen LogP contribution in [0.25, 0.3) is 0 Å². The molecule has 0 spiro atoms. The molecule has 6 nitrogen and oxygen atoms in total. The first kappa shape index (κ1) is 15.3. The maximum Gasteiger partial charge on any atom is 0.329 e. The molecule has 0 aromatic heterocycles. The number of unbranched alkanes of at least 4 members (excludes halogenated alkanes) is 1. The number of carbonyl (C=O) groups excluding carboxylic acids is 1. The summed E-state index contributed by atoms with van der Waals surface area (Å²) in [6.45, 7) is 2.28. The number of ether oxygens (including phenoxy) is 1. The average Bonchev–Trinajstić information content (AvgIpc) is 2.15. The van der Waals surface area contributed by atoms with Gasteiger partial charge in [-0.3, -0.25) is 9.36 Å². The van der Waals surface area contributed by atoms with Crippen LogP contribution in [0.2, 0.25) is 0 Å². The molecule has 0 aliphatic carbocycles. The molecular formula is C9H18NO5P. The van der Waals surface area contributed by atoms with E-state index in [0.29, 0.717) is 6.61 Å². The third kappa shape index (κ3) is 8.61. The third-order valence-corrected chi connectivity index (χ3v) is 2.39. The lowest BCUT2D eigenvalue weighted by Crippen LogP contribution is -2.30. The Balaban J connectivity index is 3.91. The molecule has 0 aromatic rings. The van der Waals surface area contributed by atoms with E-state index in [-0.39, 0.29) is 0 Å². The topological polar surface area (TPSA) is 110 Å². The quantitative estimate of drug-likeness (QED) is 0.261. The third-order valence-electron chi connectivity index (χ3n) is 1.70. The van der Waals surface area contributed by atoms with Crippen LogP contribution in [0.3, 0.4) is 0 Å². The molecule has 94 valence electrons. The van der Waals surface area contributed by atoms with E-state index in [1.807, 2.05) is 6.92 Å². The lowest BCUT2D eigenvalue weighted by atomic mass is 10.3. The number of esters is 1. The summed E-state index contributed by atoms with van der Waals surface area (Å²) in [5.41, 5.74) is 5.41. The molecule has 16 heavy (non-hydrogen) atoms. The Kier molecular flexibility index (Phi) is 7.25. The van der Waals surface area contributed by atoms with Crippen molar-refractivity contribution in [1.82, 2.24) is 0 Å². The van der Waals surface area contributed by atoms with Gasteiger partial charge < -0.3 is 20.3 Å². The molecule has 0 fully saturated rings. The largest absolute Gasteiger partial charge is 0.464 e. The fraction of sp³-hybridized carbons (Fsp3) is 0.667. The molecule has 0 amide bonds. The minimum absolute atomic E-state index is 0.315. The summed E-state index contributed by atoms with van der Waals surface area (Å²) >= 11 is 0.